The molecule has 2 unspecified atom stereocenters. The van der Waals surface area contributed by atoms with Gasteiger partial charge in [-0.1, -0.05) is 66.7 Å². The highest BCUT2D eigenvalue weighted by molar-refractivity contribution is 5.80. The van der Waals surface area contributed by atoms with Crippen LogP contribution in [0.2, 0.25) is 0 Å². The number of carbonyl (C=O) groups excluding carboxylic acids is 1. The van der Waals surface area contributed by atoms with Crippen LogP contribution in [0.5, 0.6) is 0 Å². The van der Waals surface area contributed by atoms with Crippen molar-refractivity contribution in [3.05, 3.63) is 23.8 Å². The minimum absolute atomic E-state index is 0.117. The minimum Gasteiger partial charge on any atom is -0.459 e. The van der Waals surface area contributed by atoms with E-state index < -0.39 is 11.0 Å². The Morgan fingerprint density at radius 1 is 1.16 bits per heavy atom. The predicted octanol–water partition coefficient (Wildman–Crippen LogP) is 6.71. The molecular formula is C23H40O2. The predicted molar refractivity (Wildman–Crippen MR) is 107 cm³/mol. The first-order valence-electron chi connectivity index (χ1n) is 9.72. The molecule has 0 fully saturated rings. The zero-order chi connectivity index (χ0) is 19.7. The molecule has 0 aliphatic heterocycles. The summed E-state index contributed by atoms with van der Waals surface area (Å²) >= 11 is 0. The molecule has 2 nitrogen and oxygen atoms in total. The Hall–Kier alpha value is -1.05. The molecule has 0 bridgehead atoms. The summed E-state index contributed by atoms with van der Waals surface area (Å²) in [4.78, 5) is 12.7. The summed E-state index contributed by atoms with van der Waals surface area (Å²) in [5, 5.41) is 0. The topological polar surface area (TPSA) is 26.3 Å². The van der Waals surface area contributed by atoms with Crippen molar-refractivity contribution < 1.29 is 9.53 Å². The Morgan fingerprint density at radius 2 is 1.72 bits per heavy atom. The second-order valence-corrected chi connectivity index (χ2v) is 10.8. The van der Waals surface area contributed by atoms with E-state index >= 15 is 0 Å². The van der Waals surface area contributed by atoms with Crippen LogP contribution in [-0.4, -0.2) is 11.6 Å². The summed E-state index contributed by atoms with van der Waals surface area (Å²) in [6.45, 7) is 21.8. The molecule has 0 aromatic carbocycles. The molecule has 1 aliphatic rings. The fourth-order valence-electron chi connectivity index (χ4n) is 3.13. The monoisotopic (exact) mass is 348 g/mol. The third kappa shape index (κ3) is 6.31. The number of ether oxygens (including phenoxy) is 1. The van der Waals surface area contributed by atoms with E-state index in [-0.39, 0.29) is 16.8 Å². The minimum atomic E-state index is -0.555. The standard InChI is InChI=1S/C23H40O2/c1-11-22(8,9)25-19(24)23(10)14-12-17(13-15-23)18(21(5,6)7)16-20(2,3)4/h12-14,18H,11,15-16H2,1-10H3. The molecule has 0 saturated carbocycles. The van der Waals surface area contributed by atoms with Crippen LogP contribution in [0.25, 0.3) is 0 Å². The molecule has 0 spiro atoms. The van der Waals surface area contributed by atoms with Crippen molar-refractivity contribution >= 4 is 5.97 Å². The van der Waals surface area contributed by atoms with Gasteiger partial charge < -0.3 is 4.74 Å². The van der Waals surface area contributed by atoms with Gasteiger partial charge in [0.05, 0.1) is 5.41 Å². The first kappa shape index (κ1) is 22.0. The molecule has 2 heteroatoms. The Bertz CT molecular complexity index is 537. The van der Waals surface area contributed by atoms with Crippen LogP contribution in [0, 0.1) is 22.2 Å². The molecule has 2 atom stereocenters. The van der Waals surface area contributed by atoms with E-state index in [4.69, 9.17) is 4.74 Å². The third-order valence-corrected chi connectivity index (χ3v) is 5.36. The van der Waals surface area contributed by atoms with Gasteiger partial charge in [-0.15, -0.1) is 0 Å². The smallest absolute Gasteiger partial charge is 0.316 e. The van der Waals surface area contributed by atoms with Gasteiger partial charge in [-0.25, -0.2) is 0 Å². The fraction of sp³-hybridized carbons (Fsp3) is 0.783. The van der Waals surface area contributed by atoms with E-state index in [1.165, 1.54) is 5.57 Å². The van der Waals surface area contributed by atoms with Gasteiger partial charge in [-0.05, 0) is 62.4 Å². The highest BCUT2D eigenvalue weighted by atomic mass is 16.6. The second-order valence-electron chi connectivity index (χ2n) is 10.8. The molecule has 1 rings (SSSR count). The van der Waals surface area contributed by atoms with Crippen molar-refractivity contribution in [2.24, 2.45) is 22.2 Å². The lowest BCUT2D eigenvalue weighted by Crippen LogP contribution is -2.37. The fourth-order valence-corrected chi connectivity index (χ4v) is 3.13. The van der Waals surface area contributed by atoms with Crippen LogP contribution >= 0.6 is 0 Å². The van der Waals surface area contributed by atoms with Gasteiger partial charge in [-0.2, -0.15) is 0 Å². The van der Waals surface area contributed by atoms with Gasteiger partial charge in [0.15, 0.2) is 0 Å². The summed E-state index contributed by atoms with van der Waals surface area (Å²) in [6, 6.07) is 0. The van der Waals surface area contributed by atoms with E-state index in [1.54, 1.807) is 0 Å². The van der Waals surface area contributed by atoms with Crippen molar-refractivity contribution in [2.45, 2.75) is 94.1 Å². The van der Waals surface area contributed by atoms with Crippen LogP contribution < -0.4 is 0 Å². The van der Waals surface area contributed by atoms with Crippen LogP contribution in [0.1, 0.15) is 88.5 Å². The Labute approximate surface area is 156 Å². The molecule has 25 heavy (non-hydrogen) atoms. The Morgan fingerprint density at radius 3 is 2.08 bits per heavy atom. The molecule has 1 aliphatic carbocycles. The van der Waals surface area contributed by atoms with Crippen molar-refractivity contribution in [3.8, 4) is 0 Å². The lowest BCUT2D eigenvalue weighted by atomic mass is 9.67. The van der Waals surface area contributed by atoms with E-state index in [9.17, 15) is 4.79 Å². The number of allylic oxidation sites excluding steroid dienone is 3. The molecular weight excluding hydrogens is 308 g/mol. The molecule has 0 heterocycles. The van der Waals surface area contributed by atoms with Crippen LogP contribution in [0.15, 0.2) is 23.8 Å². The summed E-state index contributed by atoms with van der Waals surface area (Å²) in [6.07, 6.45) is 9.17. The van der Waals surface area contributed by atoms with Gasteiger partial charge in [0.25, 0.3) is 0 Å². The molecule has 0 N–H and O–H groups in total. The Kier molecular flexibility index (Phi) is 6.41. The van der Waals surface area contributed by atoms with Crippen LogP contribution in [0.3, 0.4) is 0 Å². The zero-order valence-corrected chi connectivity index (χ0v) is 18.2. The van der Waals surface area contributed by atoms with E-state index in [2.05, 4.69) is 59.8 Å². The van der Waals surface area contributed by atoms with E-state index in [1.807, 2.05) is 27.7 Å². The van der Waals surface area contributed by atoms with Crippen molar-refractivity contribution in [1.82, 2.24) is 0 Å². The van der Waals surface area contributed by atoms with Crippen LogP contribution in [0.4, 0.5) is 0 Å². The first-order valence-corrected chi connectivity index (χ1v) is 9.72. The van der Waals surface area contributed by atoms with Crippen molar-refractivity contribution in [1.29, 1.82) is 0 Å². The summed E-state index contributed by atoms with van der Waals surface area (Å²) in [5.74, 6) is 0.366. The second kappa shape index (κ2) is 7.29. The average Bonchev–Trinajstić information content (AvgIpc) is 2.43. The number of hydrogen-bond donors (Lipinski definition) is 0. The van der Waals surface area contributed by atoms with E-state index in [0.717, 1.165) is 12.8 Å². The number of rotatable bonds is 5. The first-order chi connectivity index (χ1) is 11.1. The summed E-state index contributed by atoms with van der Waals surface area (Å²) in [5.41, 5.74) is 0.875. The van der Waals surface area contributed by atoms with Crippen molar-refractivity contribution in [3.63, 3.8) is 0 Å². The summed E-state index contributed by atoms with van der Waals surface area (Å²) in [7, 11) is 0. The highest BCUT2D eigenvalue weighted by Gasteiger charge is 2.38. The summed E-state index contributed by atoms with van der Waals surface area (Å²) < 4.78 is 5.75. The zero-order valence-electron chi connectivity index (χ0n) is 18.2. The number of esters is 1. The molecule has 0 aromatic rings. The lowest BCUT2D eigenvalue weighted by molar-refractivity contribution is -0.165. The van der Waals surface area contributed by atoms with Gasteiger partial charge in [0, 0.05) is 0 Å². The maximum Gasteiger partial charge on any atom is 0.316 e. The molecule has 0 amide bonds. The molecule has 0 saturated heterocycles. The van der Waals surface area contributed by atoms with Gasteiger partial charge in [-0.3, -0.25) is 4.79 Å². The van der Waals surface area contributed by atoms with Gasteiger partial charge >= 0.3 is 5.97 Å². The normalized spacial score (nSPS) is 23.2. The maximum absolute atomic E-state index is 12.7. The highest BCUT2D eigenvalue weighted by Crippen LogP contribution is 2.44. The van der Waals surface area contributed by atoms with E-state index in [0.29, 0.717) is 12.3 Å². The number of carbonyl (C=O) groups is 1. The van der Waals surface area contributed by atoms with Crippen LogP contribution in [-0.2, 0) is 9.53 Å². The largest absolute Gasteiger partial charge is 0.459 e. The van der Waals surface area contributed by atoms with Gasteiger partial charge in [0.1, 0.15) is 5.60 Å². The van der Waals surface area contributed by atoms with Gasteiger partial charge in [0.2, 0.25) is 0 Å². The average molecular weight is 349 g/mol. The number of hydrogen-bond acceptors (Lipinski definition) is 2. The third-order valence-electron chi connectivity index (χ3n) is 5.36. The lowest BCUT2D eigenvalue weighted by Gasteiger charge is -2.39. The molecule has 144 valence electrons. The Balaban J connectivity index is 2.97. The molecule has 0 aromatic heterocycles. The van der Waals surface area contributed by atoms with Crippen molar-refractivity contribution in [2.75, 3.05) is 0 Å². The molecule has 0 radical (unpaired) electrons. The quantitative estimate of drug-likeness (QED) is 0.516. The SMILES string of the molecule is CCC(C)(C)OC(=O)C1(C)C=CC(C(CC(C)(C)C)C(C)(C)C)=CC1. The maximum atomic E-state index is 12.7.